The van der Waals surface area contributed by atoms with Gasteiger partial charge in [-0.1, -0.05) is 39.5 Å². The average Bonchev–Trinajstić information content (AvgIpc) is 2.88. The van der Waals surface area contributed by atoms with Crippen LogP contribution >= 0.6 is 0 Å². The molecule has 1 atom stereocenters. The Labute approximate surface area is 121 Å². The summed E-state index contributed by atoms with van der Waals surface area (Å²) >= 11 is 0. The van der Waals surface area contributed by atoms with Gasteiger partial charge in [-0.2, -0.15) is 0 Å². The highest BCUT2D eigenvalue weighted by Crippen LogP contribution is 2.42. The third-order valence-electron chi connectivity index (χ3n) is 5.16. The largest absolute Gasteiger partial charge is 0.480 e. The molecule has 4 nitrogen and oxygen atoms in total. The van der Waals surface area contributed by atoms with Crippen LogP contribution in [-0.4, -0.2) is 34.5 Å². The van der Waals surface area contributed by atoms with Crippen molar-refractivity contribution in [3.05, 3.63) is 0 Å². The Morgan fingerprint density at radius 3 is 2.25 bits per heavy atom. The van der Waals surface area contributed by atoms with Gasteiger partial charge in [0.05, 0.1) is 0 Å². The SMILES string of the molecule is CC1(C)CCCCC1C(=O)N(CC(=O)O)C1CCCC1. The predicted molar refractivity (Wildman–Crippen MR) is 77.3 cm³/mol. The molecule has 0 aromatic heterocycles. The molecule has 0 aliphatic heterocycles. The van der Waals surface area contributed by atoms with Crippen molar-refractivity contribution in [1.82, 2.24) is 4.90 Å². The van der Waals surface area contributed by atoms with Crippen molar-refractivity contribution < 1.29 is 14.7 Å². The number of carboxylic acids is 1. The van der Waals surface area contributed by atoms with Crippen LogP contribution in [0.3, 0.4) is 0 Å². The Hall–Kier alpha value is -1.06. The van der Waals surface area contributed by atoms with Gasteiger partial charge in [0, 0.05) is 12.0 Å². The average molecular weight is 281 g/mol. The Balaban J connectivity index is 2.14. The summed E-state index contributed by atoms with van der Waals surface area (Å²) in [5.74, 6) is -0.806. The number of carbonyl (C=O) groups excluding carboxylic acids is 1. The number of nitrogens with zero attached hydrogens (tertiary/aromatic N) is 1. The third kappa shape index (κ3) is 3.33. The van der Waals surface area contributed by atoms with E-state index >= 15 is 0 Å². The van der Waals surface area contributed by atoms with Crippen LogP contribution in [0.15, 0.2) is 0 Å². The fourth-order valence-electron chi connectivity index (χ4n) is 3.90. The zero-order valence-electron chi connectivity index (χ0n) is 12.7. The zero-order valence-corrected chi connectivity index (χ0v) is 12.7. The van der Waals surface area contributed by atoms with Crippen molar-refractivity contribution in [2.24, 2.45) is 11.3 Å². The van der Waals surface area contributed by atoms with Crippen molar-refractivity contribution in [1.29, 1.82) is 0 Å². The summed E-state index contributed by atoms with van der Waals surface area (Å²) in [6.45, 7) is 4.18. The van der Waals surface area contributed by atoms with E-state index in [0.717, 1.165) is 44.9 Å². The second-order valence-corrected chi connectivity index (χ2v) is 7.09. The molecule has 2 saturated carbocycles. The van der Waals surface area contributed by atoms with Crippen LogP contribution in [0.5, 0.6) is 0 Å². The minimum Gasteiger partial charge on any atom is -0.480 e. The summed E-state index contributed by atoms with van der Waals surface area (Å²) in [5.41, 5.74) is 0.00465. The standard InChI is InChI=1S/C16H27NO3/c1-16(2)10-6-5-9-13(16)15(20)17(11-14(18)19)12-7-3-4-8-12/h12-13H,3-11H2,1-2H3,(H,18,19). The Bertz CT molecular complexity index is 372. The number of amides is 1. The van der Waals surface area contributed by atoms with E-state index in [-0.39, 0.29) is 29.8 Å². The second-order valence-electron chi connectivity index (χ2n) is 7.09. The van der Waals surface area contributed by atoms with E-state index < -0.39 is 5.97 Å². The molecule has 0 bridgehead atoms. The quantitative estimate of drug-likeness (QED) is 0.861. The van der Waals surface area contributed by atoms with E-state index in [1.54, 1.807) is 4.90 Å². The molecule has 20 heavy (non-hydrogen) atoms. The topological polar surface area (TPSA) is 57.6 Å². The number of aliphatic carboxylic acids is 1. The molecule has 0 aromatic carbocycles. The van der Waals surface area contributed by atoms with E-state index in [9.17, 15) is 9.59 Å². The fraction of sp³-hybridized carbons (Fsp3) is 0.875. The third-order valence-corrected chi connectivity index (χ3v) is 5.16. The summed E-state index contributed by atoms with van der Waals surface area (Å²) in [6.07, 6.45) is 8.40. The molecule has 0 aromatic rings. The van der Waals surface area contributed by atoms with Gasteiger partial charge in [-0.25, -0.2) is 0 Å². The van der Waals surface area contributed by atoms with E-state index in [2.05, 4.69) is 13.8 Å². The lowest BCUT2D eigenvalue weighted by molar-refractivity contribution is -0.151. The molecule has 4 heteroatoms. The van der Waals surface area contributed by atoms with Crippen molar-refractivity contribution in [2.75, 3.05) is 6.54 Å². The van der Waals surface area contributed by atoms with Gasteiger partial charge in [-0.3, -0.25) is 9.59 Å². The Morgan fingerprint density at radius 1 is 1.10 bits per heavy atom. The molecule has 0 radical (unpaired) electrons. The molecule has 2 aliphatic carbocycles. The maximum Gasteiger partial charge on any atom is 0.323 e. The highest BCUT2D eigenvalue weighted by molar-refractivity contribution is 5.84. The number of carboxylic acid groups (broad SMARTS) is 1. The van der Waals surface area contributed by atoms with Crippen LogP contribution in [0.25, 0.3) is 0 Å². The van der Waals surface area contributed by atoms with Gasteiger partial charge in [0.15, 0.2) is 0 Å². The number of hydrogen-bond acceptors (Lipinski definition) is 2. The Morgan fingerprint density at radius 2 is 1.70 bits per heavy atom. The number of hydrogen-bond donors (Lipinski definition) is 1. The van der Waals surface area contributed by atoms with Crippen LogP contribution in [0.1, 0.15) is 65.2 Å². The molecule has 114 valence electrons. The van der Waals surface area contributed by atoms with Gasteiger partial charge in [-0.05, 0) is 31.1 Å². The molecule has 2 fully saturated rings. The molecule has 0 saturated heterocycles. The van der Waals surface area contributed by atoms with Crippen LogP contribution in [0.4, 0.5) is 0 Å². The normalized spacial score (nSPS) is 26.4. The highest BCUT2D eigenvalue weighted by Gasteiger charge is 2.41. The minimum atomic E-state index is -0.890. The van der Waals surface area contributed by atoms with Crippen LogP contribution in [-0.2, 0) is 9.59 Å². The highest BCUT2D eigenvalue weighted by atomic mass is 16.4. The Kier molecular flexibility index (Phi) is 4.71. The van der Waals surface area contributed by atoms with Gasteiger partial charge in [0.2, 0.25) is 5.91 Å². The first-order valence-electron chi connectivity index (χ1n) is 7.94. The van der Waals surface area contributed by atoms with Crippen LogP contribution in [0.2, 0.25) is 0 Å². The minimum absolute atomic E-state index is 0.00352. The van der Waals surface area contributed by atoms with Crippen LogP contribution < -0.4 is 0 Å². The number of rotatable bonds is 4. The first-order valence-corrected chi connectivity index (χ1v) is 7.94. The molecular formula is C16H27NO3. The monoisotopic (exact) mass is 281 g/mol. The van der Waals surface area contributed by atoms with Gasteiger partial charge >= 0.3 is 5.97 Å². The summed E-state index contributed by atoms with van der Waals surface area (Å²) < 4.78 is 0. The molecule has 1 amide bonds. The molecule has 1 unspecified atom stereocenters. The lowest BCUT2D eigenvalue weighted by Crippen LogP contribution is -2.49. The van der Waals surface area contributed by atoms with Gasteiger partial charge in [-0.15, -0.1) is 0 Å². The van der Waals surface area contributed by atoms with Gasteiger partial charge in [0.25, 0.3) is 0 Å². The smallest absolute Gasteiger partial charge is 0.323 e. The molecule has 2 rings (SSSR count). The van der Waals surface area contributed by atoms with E-state index in [4.69, 9.17) is 5.11 Å². The second kappa shape index (κ2) is 6.15. The van der Waals surface area contributed by atoms with Crippen molar-refractivity contribution >= 4 is 11.9 Å². The van der Waals surface area contributed by atoms with Gasteiger partial charge in [0.1, 0.15) is 6.54 Å². The summed E-state index contributed by atoms with van der Waals surface area (Å²) in [6, 6.07) is 0.149. The van der Waals surface area contributed by atoms with Crippen molar-refractivity contribution in [3.63, 3.8) is 0 Å². The molecule has 2 aliphatic rings. The van der Waals surface area contributed by atoms with Crippen molar-refractivity contribution in [2.45, 2.75) is 71.3 Å². The lowest BCUT2D eigenvalue weighted by Gasteiger charge is -2.41. The van der Waals surface area contributed by atoms with Crippen LogP contribution in [0, 0.1) is 11.3 Å². The first kappa shape index (κ1) is 15.3. The summed E-state index contributed by atoms with van der Waals surface area (Å²) in [5, 5.41) is 9.13. The fourth-order valence-corrected chi connectivity index (χ4v) is 3.90. The van der Waals surface area contributed by atoms with Gasteiger partial charge < -0.3 is 10.0 Å². The number of carbonyl (C=O) groups is 2. The molecule has 1 N–H and O–H groups in total. The zero-order chi connectivity index (χ0) is 14.8. The maximum atomic E-state index is 12.9. The van der Waals surface area contributed by atoms with Crippen molar-refractivity contribution in [3.8, 4) is 0 Å². The van der Waals surface area contributed by atoms with E-state index in [1.807, 2.05) is 0 Å². The molecular weight excluding hydrogens is 254 g/mol. The molecule has 0 heterocycles. The lowest BCUT2D eigenvalue weighted by atomic mass is 9.68. The maximum absolute atomic E-state index is 12.9. The molecule has 0 spiro atoms. The van der Waals surface area contributed by atoms with E-state index in [0.29, 0.717) is 0 Å². The summed E-state index contributed by atoms with van der Waals surface area (Å²) in [7, 11) is 0. The van der Waals surface area contributed by atoms with E-state index in [1.165, 1.54) is 6.42 Å². The summed E-state index contributed by atoms with van der Waals surface area (Å²) in [4.78, 5) is 25.7. The predicted octanol–water partition coefficient (Wildman–Crippen LogP) is 3.06. The first-order chi connectivity index (χ1) is 9.42.